The lowest BCUT2D eigenvalue weighted by molar-refractivity contribution is -0.123. The van der Waals surface area contributed by atoms with Crippen molar-refractivity contribution in [1.29, 1.82) is 0 Å². The highest BCUT2D eigenvalue weighted by Crippen LogP contribution is 2.24. The smallest absolute Gasteiger partial charge is 0.258 e. The van der Waals surface area contributed by atoms with Crippen molar-refractivity contribution in [1.82, 2.24) is 5.32 Å². The maximum absolute atomic E-state index is 12.3. The van der Waals surface area contributed by atoms with Crippen LogP contribution in [0.3, 0.4) is 0 Å². The summed E-state index contributed by atoms with van der Waals surface area (Å²) in [6.45, 7) is 8.14. The minimum atomic E-state index is -0.126. The molecule has 0 heterocycles. The molecule has 1 unspecified atom stereocenters. The van der Waals surface area contributed by atoms with E-state index in [2.05, 4.69) is 25.2 Å². The Hall–Kier alpha value is -2.49. The molecule has 0 saturated carbocycles. The molecule has 0 saturated heterocycles. The number of carbonyl (C=O) groups is 1. The summed E-state index contributed by atoms with van der Waals surface area (Å²) < 4.78 is 10.9. The highest BCUT2D eigenvalue weighted by atomic mass is 16.5. The van der Waals surface area contributed by atoms with Crippen molar-refractivity contribution in [3.63, 3.8) is 0 Å². The summed E-state index contributed by atoms with van der Waals surface area (Å²) >= 11 is 0. The number of rotatable bonds is 7. The molecule has 2 aromatic rings. The van der Waals surface area contributed by atoms with Crippen LogP contribution in [0.5, 0.6) is 11.5 Å². The monoisotopic (exact) mass is 341 g/mol. The maximum Gasteiger partial charge on any atom is 0.258 e. The van der Waals surface area contributed by atoms with E-state index in [0.29, 0.717) is 5.75 Å². The fourth-order valence-corrected chi connectivity index (χ4v) is 2.73. The van der Waals surface area contributed by atoms with E-state index in [9.17, 15) is 4.79 Å². The summed E-state index contributed by atoms with van der Waals surface area (Å²) in [5.74, 6) is 1.44. The SMILES string of the molecule is CCC(NC(=O)COc1ccc(C)c(C)c1)c1ccc(OC)c(C)c1. The van der Waals surface area contributed by atoms with Crippen molar-refractivity contribution in [2.75, 3.05) is 13.7 Å². The number of carbonyl (C=O) groups excluding carboxylic acids is 1. The Labute approximate surface area is 150 Å². The second-order valence-corrected chi connectivity index (χ2v) is 6.29. The first-order valence-electron chi connectivity index (χ1n) is 8.58. The molecule has 1 N–H and O–H groups in total. The van der Waals surface area contributed by atoms with E-state index in [0.717, 1.165) is 28.9 Å². The van der Waals surface area contributed by atoms with Crippen molar-refractivity contribution in [2.45, 2.75) is 40.2 Å². The van der Waals surface area contributed by atoms with E-state index in [1.165, 1.54) is 5.56 Å². The van der Waals surface area contributed by atoms with Gasteiger partial charge in [-0.3, -0.25) is 4.79 Å². The first kappa shape index (κ1) is 18.8. The van der Waals surface area contributed by atoms with E-state index in [4.69, 9.17) is 9.47 Å². The molecule has 0 aromatic heterocycles. The van der Waals surface area contributed by atoms with Crippen molar-refractivity contribution < 1.29 is 14.3 Å². The van der Waals surface area contributed by atoms with Crippen LogP contribution in [0.25, 0.3) is 0 Å². The molecule has 4 nitrogen and oxygen atoms in total. The van der Waals surface area contributed by atoms with Crippen LogP contribution in [0.4, 0.5) is 0 Å². The van der Waals surface area contributed by atoms with Crippen molar-refractivity contribution in [3.8, 4) is 11.5 Å². The van der Waals surface area contributed by atoms with Crippen molar-refractivity contribution >= 4 is 5.91 Å². The van der Waals surface area contributed by atoms with Gasteiger partial charge in [-0.25, -0.2) is 0 Å². The lowest BCUT2D eigenvalue weighted by Gasteiger charge is -2.19. The summed E-state index contributed by atoms with van der Waals surface area (Å²) in [6, 6.07) is 11.8. The van der Waals surface area contributed by atoms with Crippen molar-refractivity contribution in [3.05, 3.63) is 58.7 Å². The van der Waals surface area contributed by atoms with Crippen LogP contribution in [0.2, 0.25) is 0 Å². The molecule has 0 bridgehead atoms. The average molecular weight is 341 g/mol. The van der Waals surface area contributed by atoms with Gasteiger partial charge < -0.3 is 14.8 Å². The standard InChI is InChI=1S/C21H27NO3/c1-6-19(17-8-10-20(24-5)16(4)11-17)22-21(23)13-25-18-9-7-14(2)15(3)12-18/h7-12,19H,6,13H2,1-5H3,(H,22,23). The zero-order valence-corrected chi connectivity index (χ0v) is 15.7. The lowest BCUT2D eigenvalue weighted by Crippen LogP contribution is -2.32. The van der Waals surface area contributed by atoms with Crippen LogP contribution in [0.15, 0.2) is 36.4 Å². The molecule has 2 rings (SSSR count). The molecule has 134 valence electrons. The van der Waals surface area contributed by atoms with Gasteiger partial charge in [-0.1, -0.05) is 25.1 Å². The molecule has 1 atom stereocenters. The lowest BCUT2D eigenvalue weighted by atomic mass is 10.0. The van der Waals surface area contributed by atoms with Gasteiger partial charge in [-0.2, -0.15) is 0 Å². The normalized spacial score (nSPS) is 11.7. The molecule has 0 fully saturated rings. The summed E-state index contributed by atoms with van der Waals surface area (Å²) in [7, 11) is 1.66. The van der Waals surface area contributed by atoms with Gasteiger partial charge in [-0.05, 0) is 67.6 Å². The van der Waals surface area contributed by atoms with Gasteiger partial charge in [0.2, 0.25) is 0 Å². The summed E-state index contributed by atoms with van der Waals surface area (Å²) in [4.78, 5) is 12.3. The number of methoxy groups -OCH3 is 1. The maximum atomic E-state index is 12.3. The molecule has 0 spiro atoms. The highest BCUT2D eigenvalue weighted by molar-refractivity contribution is 5.78. The molecule has 0 radical (unpaired) electrons. The highest BCUT2D eigenvalue weighted by Gasteiger charge is 2.14. The molecule has 2 aromatic carbocycles. The predicted octanol–water partition coefficient (Wildman–Crippen LogP) is 4.27. The van der Waals surface area contributed by atoms with Gasteiger partial charge in [0.15, 0.2) is 6.61 Å². The van der Waals surface area contributed by atoms with E-state index in [1.807, 2.05) is 44.2 Å². The molecule has 0 aliphatic heterocycles. The fourth-order valence-electron chi connectivity index (χ4n) is 2.73. The molecule has 1 amide bonds. The first-order chi connectivity index (χ1) is 11.9. The Morgan fingerprint density at radius 3 is 2.40 bits per heavy atom. The Balaban J connectivity index is 1.97. The molecular weight excluding hydrogens is 314 g/mol. The second kappa shape index (κ2) is 8.56. The minimum Gasteiger partial charge on any atom is -0.496 e. The first-order valence-corrected chi connectivity index (χ1v) is 8.58. The van der Waals surface area contributed by atoms with Gasteiger partial charge >= 0.3 is 0 Å². The third kappa shape index (κ3) is 4.99. The van der Waals surface area contributed by atoms with Crippen LogP contribution in [0, 0.1) is 20.8 Å². The van der Waals surface area contributed by atoms with Gasteiger partial charge in [0.25, 0.3) is 5.91 Å². The Kier molecular flexibility index (Phi) is 6.45. The number of hydrogen-bond acceptors (Lipinski definition) is 3. The Bertz CT molecular complexity index is 740. The summed E-state index contributed by atoms with van der Waals surface area (Å²) in [5.41, 5.74) is 4.48. The summed E-state index contributed by atoms with van der Waals surface area (Å²) in [6.07, 6.45) is 0.807. The van der Waals surface area contributed by atoms with E-state index in [-0.39, 0.29) is 18.6 Å². The van der Waals surface area contributed by atoms with Crippen LogP contribution in [-0.4, -0.2) is 19.6 Å². The zero-order chi connectivity index (χ0) is 18.4. The van der Waals surface area contributed by atoms with Gasteiger partial charge in [0.1, 0.15) is 11.5 Å². The average Bonchev–Trinajstić information content (AvgIpc) is 2.60. The topological polar surface area (TPSA) is 47.6 Å². The van der Waals surface area contributed by atoms with Gasteiger partial charge in [0, 0.05) is 0 Å². The number of benzene rings is 2. The number of ether oxygens (including phenoxy) is 2. The number of hydrogen-bond donors (Lipinski definition) is 1. The third-order valence-corrected chi connectivity index (χ3v) is 4.41. The number of amides is 1. The van der Waals surface area contributed by atoms with Gasteiger partial charge in [-0.15, -0.1) is 0 Å². The largest absolute Gasteiger partial charge is 0.496 e. The van der Waals surface area contributed by atoms with E-state index < -0.39 is 0 Å². The van der Waals surface area contributed by atoms with Crippen LogP contribution in [-0.2, 0) is 4.79 Å². The number of nitrogens with one attached hydrogen (secondary N) is 1. The third-order valence-electron chi connectivity index (χ3n) is 4.41. The summed E-state index contributed by atoms with van der Waals surface area (Å²) in [5, 5.41) is 3.04. The Morgan fingerprint density at radius 2 is 1.80 bits per heavy atom. The van der Waals surface area contributed by atoms with Crippen molar-refractivity contribution in [2.24, 2.45) is 0 Å². The molecule has 4 heteroatoms. The van der Waals surface area contributed by atoms with E-state index >= 15 is 0 Å². The molecule has 0 aliphatic carbocycles. The molecule has 25 heavy (non-hydrogen) atoms. The van der Waals surface area contributed by atoms with Gasteiger partial charge in [0.05, 0.1) is 13.2 Å². The molecular formula is C21H27NO3. The molecule has 0 aliphatic rings. The zero-order valence-electron chi connectivity index (χ0n) is 15.7. The predicted molar refractivity (Wildman–Crippen MR) is 100 cm³/mol. The van der Waals surface area contributed by atoms with Crippen LogP contribution < -0.4 is 14.8 Å². The second-order valence-electron chi connectivity index (χ2n) is 6.29. The van der Waals surface area contributed by atoms with Crippen LogP contribution >= 0.6 is 0 Å². The minimum absolute atomic E-state index is 0.00807. The Morgan fingerprint density at radius 1 is 1.04 bits per heavy atom. The number of aryl methyl sites for hydroxylation is 3. The van der Waals surface area contributed by atoms with Crippen LogP contribution in [0.1, 0.15) is 41.6 Å². The quantitative estimate of drug-likeness (QED) is 0.818. The fraction of sp³-hybridized carbons (Fsp3) is 0.381. The van der Waals surface area contributed by atoms with E-state index in [1.54, 1.807) is 7.11 Å².